The molecule has 94 valence electrons. The predicted octanol–water partition coefficient (Wildman–Crippen LogP) is 2.01. The zero-order valence-corrected chi connectivity index (χ0v) is 10.6. The predicted molar refractivity (Wildman–Crippen MR) is 68.8 cm³/mol. The number of hydrogen-bond acceptors (Lipinski definition) is 2. The van der Waals surface area contributed by atoms with Crippen LogP contribution >= 0.6 is 0 Å². The Morgan fingerprint density at radius 3 is 2.76 bits per heavy atom. The van der Waals surface area contributed by atoms with Crippen LogP contribution in [0, 0.1) is 5.41 Å². The molecule has 1 fully saturated rings. The van der Waals surface area contributed by atoms with E-state index in [0.717, 1.165) is 19.5 Å². The first kappa shape index (κ1) is 12.0. The second kappa shape index (κ2) is 4.43. The van der Waals surface area contributed by atoms with Crippen molar-refractivity contribution in [1.29, 1.82) is 0 Å². The number of amides is 1. The summed E-state index contributed by atoms with van der Waals surface area (Å²) in [5.41, 5.74) is 7.40. The Morgan fingerprint density at radius 1 is 1.53 bits per heavy atom. The molecule has 1 aromatic heterocycles. The van der Waals surface area contributed by atoms with Gasteiger partial charge in [0.25, 0.3) is 5.91 Å². The fraction of sp³-hybridized carbons (Fsp3) is 0.615. The first-order valence-corrected chi connectivity index (χ1v) is 6.34. The number of hydrogen-bond donors (Lipinski definition) is 2. The van der Waals surface area contributed by atoms with Gasteiger partial charge in [-0.3, -0.25) is 4.79 Å². The normalized spacial score (nSPS) is 16.8. The van der Waals surface area contributed by atoms with Gasteiger partial charge in [-0.05, 0) is 37.7 Å². The molecule has 0 radical (unpaired) electrons. The Hall–Kier alpha value is -1.45. The third-order valence-corrected chi connectivity index (χ3v) is 3.82. The highest BCUT2D eigenvalue weighted by atomic mass is 16.1. The number of nitrogens with one attached hydrogen (secondary N) is 1. The number of nitrogens with zero attached hydrogens (tertiary/aromatic N) is 1. The first-order valence-electron chi connectivity index (χ1n) is 6.34. The van der Waals surface area contributed by atoms with Gasteiger partial charge >= 0.3 is 0 Å². The van der Waals surface area contributed by atoms with Crippen molar-refractivity contribution in [2.24, 2.45) is 5.41 Å². The van der Waals surface area contributed by atoms with E-state index < -0.39 is 0 Å². The number of carbonyl (C=O) groups is 1. The van der Waals surface area contributed by atoms with E-state index >= 15 is 0 Å². The zero-order chi connectivity index (χ0) is 12.5. The Morgan fingerprint density at radius 2 is 2.24 bits per heavy atom. The van der Waals surface area contributed by atoms with Gasteiger partial charge in [-0.15, -0.1) is 0 Å². The topological polar surface area (TPSA) is 60.0 Å². The van der Waals surface area contributed by atoms with E-state index in [1.807, 2.05) is 17.7 Å². The van der Waals surface area contributed by atoms with Crippen LogP contribution in [0.2, 0.25) is 0 Å². The maximum absolute atomic E-state index is 12.0. The fourth-order valence-corrected chi connectivity index (χ4v) is 2.18. The molecule has 1 aliphatic carbocycles. The molecule has 0 unspecified atom stereocenters. The molecule has 1 amide bonds. The lowest BCUT2D eigenvalue weighted by atomic mass is 10.0. The standard InChI is InChI=1S/C13H21N3O/c1-3-13(5-6-13)9-15-12(17)11-7-10(14)8-16(11)4-2/h7-8H,3-6,9,14H2,1-2H3,(H,15,17). The van der Waals surface area contributed by atoms with Gasteiger partial charge in [-0.2, -0.15) is 0 Å². The van der Waals surface area contributed by atoms with Gasteiger partial charge in [0, 0.05) is 19.3 Å². The summed E-state index contributed by atoms with van der Waals surface area (Å²) in [4.78, 5) is 12.0. The lowest BCUT2D eigenvalue weighted by molar-refractivity contribution is 0.0935. The molecule has 1 aromatic rings. The molecule has 1 aliphatic rings. The summed E-state index contributed by atoms with van der Waals surface area (Å²) in [6, 6.07) is 1.74. The van der Waals surface area contributed by atoms with Gasteiger partial charge < -0.3 is 15.6 Å². The molecule has 17 heavy (non-hydrogen) atoms. The van der Waals surface area contributed by atoms with Crippen molar-refractivity contribution in [3.05, 3.63) is 18.0 Å². The van der Waals surface area contributed by atoms with E-state index in [-0.39, 0.29) is 5.91 Å². The first-order chi connectivity index (χ1) is 8.10. The second-order valence-corrected chi connectivity index (χ2v) is 4.98. The van der Waals surface area contributed by atoms with Crippen LogP contribution in [0.15, 0.2) is 12.3 Å². The second-order valence-electron chi connectivity index (χ2n) is 4.98. The van der Waals surface area contributed by atoms with E-state index in [1.165, 1.54) is 12.8 Å². The number of nitrogen functional groups attached to an aromatic ring is 1. The van der Waals surface area contributed by atoms with Gasteiger partial charge in [0.15, 0.2) is 0 Å². The number of carbonyl (C=O) groups excluding carboxylic acids is 1. The number of aryl methyl sites for hydroxylation is 1. The highest BCUT2D eigenvalue weighted by Gasteiger charge is 2.40. The molecule has 0 aromatic carbocycles. The maximum atomic E-state index is 12.0. The van der Waals surface area contributed by atoms with E-state index in [1.54, 1.807) is 6.07 Å². The van der Waals surface area contributed by atoms with Crippen LogP contribution in [0.3, 0.4) is 0 Å². The molecule has 1 saturated carbocycles. The van der Waals surface area contributed by atoms with E-state index in [2.05, 4.69) is 12.2 Å². The summed E-state index contributed by atoms with van der Waals surface area (Å²) >= 11 is 0. The summed E-state index contributed by atoms with van der Waals surface area (Å²) in [6.45, 7) is 5.74. The molecule has 4 heteroatoms. The van der Waals surface area contributed by atoms with Crippen molar-refractivity contribution < 1.29 is 4.79 Å². The van der Waals surface area contributed by atoms with Crippen molar-refractivity contribution >= 4 is 11.6 Å². The lowest BCUT2D eigenvalue weighted by Crippen LogP contribution is -2.31. The molecule has 0 spiro atoms. The van der Waals surface area contributed by atoms with Gasteiger partial charge in [-0.1, -0.05) is 6.92 Å². The molecule has 0 saturated heterocycles. The number of aromatic nitrogens is 1. The quantitative estimate of drug-likeness (QED) is 0.820. The minimum Gasteiger partial charge on any atom is -0.397 e. The summed E-state index contributed by atoms with van der Waals surface area (Å²) in [5, 5.41) is 3.03. The van der Waals surface area contributed by atoms with E-state index in [0.29, 0.717) is 16.8 Å². The van der Waals surface area contributed by atoms with Crippen LogP contribution < -0.4 is 11.1 Å². The van der Waals surface area contributed by atoms with Gasteiger partial charge in [0.1, 0.15) is 5.69 Å². The molecule has 0 atom stereocenters. The third kappa shape index (κ3) is 2.46. The van der Waals surface area contributed by atoms with Gasteiger partial charge in [0.05, 0.1) is 5.69 Å². The maximum Gasteiger partial charge on any atom is 0.268 e. The van der Waals surface area contributed by atoms with Crippen molar-refractivity contribution in [3.63, 3.8) is 0 Å². The summed E-state index contributed by atoms with van der Waals surface area (Å²) in [5.74, 6) is -0.0109. The molecular formula is C13H21N3O. The average molecular weight is 235 g/mol. The highest BCUT2D eigenvalue weighted by Crippen LogP contribution is 2.47. The Labute approximate surface area is 102 Å². The molecule has 4 nitrogen and oxygen atoms in total. The fourth-order valence-electron chi connectivity index (χ4n) is 2.18. The summed E-state index contributed by atoms with van der Waals surface area (Å²) in [7, 11) is 0. The molecule has 1 heterocycles. The van der Waals surface area contributed by atoms with Crippen LogP contribution in [0.4, 0.5) is 5.69 Å². The molecule has 2 rings (SSSR count). The highest BCUT2D eigenvalue weighted by molar-refractivity contribution is 5.93. The molecular weight excluding hydrogens is 214 g/mol. The minimum atomic E-state index is -0.0109. The van der Waals surface area contributed by atoms with E-state index in [9.17, 15) is 4.79 Å². The number of nitrogens with two attached hydrogens (primary N) is 1. The van der Waals surface area contributed by atoms with Crippen molar-refractivity contribution in [1.82, 2.24) is 9.88 Å². The summed E-state index contributed by atoms with van der Waals surface area (Å²) < 4.78 is 1.89. The third-order valence-electron chi connectivity index (χ3n) is 3.82. The van der Waals surface area contributed by atoms with Crippen LogP contribution in [0.5, 0.6) is 0 Å². The lowest BCUT2D eigenvalue weighted by Gasteiger charge is -2.14. The number of anilines is 1. The van der Waals surface area contributed by atoms with Crippen LogP contribution in [0.1, 0.15) is 43.6 Å². The Bertz CT molecular complexity index is 418. The van der Waals surface area contributed by atoms with Gasteiger partial charge in [-0.25, -0.2) is 0 Å². The SMILES string of the molecule is CCn1cc(N)cc1C(=O)NCC1(CC)CC1. The van der Waals surface area contributed by atoms with Crippen LogP contribution in [0.25, 0.3) is 0 Å². The monoisotopic (exact) mass is 235 g/mol. The largest absolute Gasteiger partial charge is 0.397 e. The van der Waals surface area contributed by atoms with Crippen LogP contribution in [-0.4, -0.2) is 17.0 Å². The molecule has 0 bridgehead atoms. The van der Waals surface area contributed by atoms with E-state index in [4.69, 9.17) is 5.73 Å². The van der Waals surface area contributed by atoms with Crippen molar-refractivity contribution in [3.8, 4) is 0 Å². The molecule has 3 N–H and O–H groups in total. The Balaban J connectivity index is 1.99. The number of rotatable bonds is 5. The molecule has 0 aliphatic heterocycles. The Kier molecular flexibility index (Phi) is 3.13. The van der Waals surface area contributed by atoms with Crippen molar-refractivity contribution in [2.75, 3.05) is 12.3 Å². The summed E-state index contributed by atoms with van der Waals surface area (Å²) in [6.07, 6.45) is 5.42. The van der Waals surface area contributed by atoms with Gasteiger partial charge in [0.2, 0.25) is 0 Å². The smallest absolute Gasteiger partial charge is 0.268 e. The minimum absolute atomic E-state index is 0.0109. The zero-order valence-electron chi connectivity index (χ0n) is 10.6. The van der Waals surface area contributed by atoms with Crippen molar-refractivity contribution in [2.45, 2.75) is 39.7 Å². The average Bonchev–Trinajstić information content (AvgIpc) is 3.02. The van der Waals surface area contributed by atoms with Crippen LogP contribution in [-0.2, 0) is 6.54 Å².